The average Bonchev–Trinajstić information content (AvgIpc) is 2.54. The maximum Gasteiger partial charge on any atom is 0.265 e. The first-order valence-electron chi connectivity index (χ1n) is 8.07. The molecule has 3 rings (SSSR count). The molecule has 2 aromatic rings. The number of anilines is 1. The van der Waals surface area contributed by atoms with Gasteiger partial charge < -0.3 is 10.1 Å². The van der Waals surface area contributed by atoms with E-state index in [1.54, 1.807) is 25.1 Å². The molecule has 0 unspecified atom stereocenters. The predicted molar refractivity (Wildman–Crippen MR) is 98.3 cm³/mol. The molecule has 1 N–H and O–H groups in total. The standard InChI is InChI=1S/C19H19Cl2NO2/c1-12(19(23)22-16-10-14(20)9-15(21)11-16)24-18-8-4-6-13-5-2-3-7-17(13)18/h4,6,8-12H,2-3,5,7H2,1H3,(H,22,23)/t12-/m1/s1. The van der Waals surface area contributed by atoms with Crippen molar-refractivity contribution in [1.82, 2.24) is 0 Å². The molecule has 0 aliphatic heterocycles. The minimum Gasteiger partial charge on any atom is -0.481 e. The maximum atomic E-state index is 12.4. The van der Waals surface area contributed by atoms with Crippen LogP contribution in [0.25, 0.3) is 0 Å². The van der Waals surface area contributed by atoms with Crippen LogP contribution in [0.4, 0.5) is 5.69 Å². The van der Waals surface area contributed by atoms with Crippen molar-refractivity contribution in [3.05, 3.63) is 57.6 Å². The monoisotopic (exact) mass is 363 g/mol. The van der Waals surface area contributed by atoms with Gasteiger partial charge in [0.2, 0.25) is 0 Å². The molecule has 0 saturated heterocycles. The molecule has 0 aromatic heterocycles. The summed E-state index contributed by atoms with van der Waals surface area (Å²) in [5.74, 6) is 0.570. The number of aryl methyl sites for hydroxylation is 1. The Morgan fingerprint density at radius 3 is 2.58 bits per heavy atom. The van der Waals surface area contributed by atoms with Crippen LogP contribution in [0.1, 0.15) is 30.9 Å². The van der Waals surface area contributed by atoms with E-state index in [0.717, 1.165) is 25.0 Å². The molecule has 1 atom stereocenters. The second-order valence-corrected chi connectivity index (χ2v) is 6.88. The van der Waals surface area contributed by atoms with E-state index in [4.69, 9.17) is 27.9 Å². The van der Waals surface area contributed by atoms with Gasteiger partial charge in [-0.15, -0.1) is 0 Å². The van der Waals surface area contributed by atoms with E-state index in [2.05, 4.69) is 11.4 Å². The smallest absolute Gasteiger partial charge is 0.265 e. The lowest BCUT2D eigenvalue weighted by Crippen LogP contribution is -2.30. The molecule has 1 amide bonds. The average molecular weight is 364 g/mol. The van der Waals surface area contributed by atoms with Gasteiger partial charge in [0.25, 0.3) is 5.91 Å². The molecule has 0 saturated carbocycles. The lowest BCUT2D eigenvalue weighted by molar-refractivity contribution is -0.122. The summed E-state index contributed by atoms with van der Waals surface area (Å²) in [6.45, 7) is 1.74. The third kappa shape index (κ3) is 4.03. The van der Waals surface area contributed by atoms with Crippen LogP contribution < -0.4 is 10.1 Å². The maximum absolute atomic E-state index is 12.4. The first-order chi connectivity index (χ1) is 11.5. The fraction of sp³-hybridized carbons (Fsp3) is 0.316. The molecule has 0 heterocycles. The highest BCUT2D eigenvalue weighted by Crippen LogP contribution is 2.30. The van der Waals surface area contributed by atoms with Gasteiger partial charge in [0, 0.05) is 15.7 Å². The number of carbonyl (C=O) groups excluding carboxylic acids is 1. The number of carbonyl (C=O) groups is 1. The number of rotatable bonds is 4. The largest absolute Gasteiger partial charge is 0.481 e. The zero-order valence-electron chi connectivity index (χ0n) is 13.4. The quantitative estimate of drug-likeness (QED) is 0.802. The lowest BCUT2D eigenvalue weighted by Gasteiger charge is -2.22. The number of benzene rings is 2. The van der Waals surface area contributed by atoms with Gasteiger partial charge in [-0.1, -0.05) is 35.3 Å². The number of hydrogen-bond donors (Lipinski definition) is 1. The van der Waals surface area contributed by atoms with Crippen molar-refractivity contribution in [2.45, 2.75) is 38.7 Å². The van der Waals surface area contributed by atoms with Crippen LogP contribution in [0, 0.1) is 0 Å². The predicted octanol–water partition coefficient (Wildman–Crippen LogP) is 5.28. The molecule has 0 bridgehead atoms. The molecule has 0 spiro atoms. The Labute approximate surface area is 151 Å². The molecule has 3 nitrogen and oxygen atoms in total. The summed E-state index contributed by atoms with van der Waals surface area (Å²) >= 11 is 11.9. The molecule has 1 aliphatic carbocycles. The zero-order chi connectivity index (χ0) is 17.1. The molecular weight excluding hydrogens is 345 g/mol. The van der Waals surface area contributed by atoms with Gasteiger partial charge >= 0.3 is 0 Å². The number of amides is 1. The van der Waals surface area contributed by atoms with E-state index in [1.165, 1.54) is 17.5 Å². The van der Waals surface area contributed by atoms with Gasteiger partial charge in [0.1, 0.15) is 5.75 Å². The second kappa shape index (κ2) is 7.45. The van der Waals surface area contributed by atoms with Crippen LogP contribution in [0.3, 0.4) is 0 Å². The number of halogens is 2. The molecule has 5 heteroatoms. The highest BCUT2D eigenvalue weighted by molar-refractivity contribution is 6.35. The lowest BCUT2D eigenvalue weighted by atomic mass is 9.91. The van der Waals surface area contributed by atoms with Crippen molar-refractivity contribution in [3.63, 3.8) is 0 Å². The summed E-state index contributed by atoms with van der Waals surface area (Å²) in [7, 11) is 0. The van der Waals surface area contributed by atoms with Crippen molar-refractivity contribution in [1.29, 1.82) is 0 Å². The van der Waals surface area contributed by atoms with Crippen LogP contribution in [-0.2, 0) is 17.6 Å². The van der Waals surface area contributed by atoms with Crippen LogP contribution >= 0.6 is 23.2 Å². The van der Waals surface area contributed by atoms with Gasteiger partial charge in [0.05, 0.1) is 0 Å². The molecular formula is C19H19Cl2NO2. The Bertz CT molecular complexity index is 741. The molecule has 24 heavy (non-hydrogen) atoms. The minimum atomic E-state index is -0.615. The summed E-state index contributed by atoms with van der Waals surface area (Å²) in [5, 5.41) is 3.74. The van der Waals surface area contributed by atoms with Crippen LogP contribution in [0.15, 0.2) is 36.4 Å². The highest BCUT2D eigenvalue weighted by Gasteiger charge is 2.19. The van der Waals surface area contributed by atoms with E-state index in [1.807, 2.05) is 12.1 Å². The normalized spacial score (nSPS) is 14.6. The second-order valence-electron chi connectivity index (χ2n) is 6.01. The Morgan fingerprint density at radius 2 is 1.83 bits per heavy atom. The van der Waals surface area contributed by atoms with E-state index in [-0.39, 0.29) is 5.91 Å². The molecule has 126 valence electrons. The zero-order valence-corrected chi connectivity index (χ0v) is 15.0. The van der Waals surface area contributed by atoms with Crippen molar-refractivity contribution < 1.29 is 9.53 Å². The third-order valence-corrected chi connectivity index (χ3v) is 4.59. The summed E-state index contributed by atoms with van der Waals surface area (Å²) in [4.78, 5) is 12.4. The van der Waals surface area contributed by atoms with E-state index >= 15 is 0 Å². The van der Waals surface area contributed by atoms with Gasteiger partial charge in [-0.3, -0.25) is 4.79 Å². The van der Waals surface area contributed by atoms with Crippen molar-refractivity contribution in [3.8, 4) is 5.75 Å². The Morgan fingerprint density at radius 1 is 1.12 bits per heavy atom. The van der Waals surface area contributed by atoms with Crippen molar-refractivity contribution >= 4 is 34.8 Å². The number of nitrogens with one attached hydrogen (secondary N) is 1. The SMILES string of the molecule is C[C@@H](Oc1cccc2c1CCCC2)C(=O)Nc1cc(Cl)cc(Cl)c1. The van der Waals surface area contributed by atoms with Crippen LogP contribution in [0.2, 0.25) is 10.0 Å². The van der Waals surface area contributed by atoms with Crippen LogP contribution in [0.5, 0.6) is 5.75 Å². The van der Waals surface area contributed by atoms with Crippen molar-refractivity contribution in [2.24, 2.45) is 0 Å². The Kier molecular flexibility index (Phi) is 5.32. The number of hydrogen-bond acceptors (Lipinski definition) is 2. The minimum absolute atomic E-state index is 0.234. The molecule has 1 aliphatic rings. The van der Waals surface area contributed by atoms with E-state index in [9.17, 15) is 4.79 Å². The number of fused-ring (bicyclic) bond motifs is 1. The Balaban J connectivity index is 1.70. The summed E-state index contributed by atoms with van der Waals surface area (Å²) in [5.41, 5.74) is 3.12. The fourth-order valence-electron chi connectivity index (χ4n) is 2.97. The first-order valence-corrected chi connectivity index (χ1v) is 8.83. The van der Waals surface area contributed by atoms with Gasteiger partial charge in [-0.25, -0.2) is 0 Å². The fourth-order valence-corrected chi connectivity index (χ4v) is 3.50. The third-order valence-electron chi connectivity index (χ3n) is 4.16. The summed E-state index contributed by atoms with van der Waals surface area (Å²) in [6, 6.07) is 11.0. The van der Waals surface area contributed by atoms with Crippen molar-refractivity contribution in [2.75, 3.05) is 5.32 Å². The molecule has 0 fully saturated rings. The number of ether oxygens (including phenoxy) is 1. The van der Waals surface area contributed by atoms with Gasteiger partial charge in [-0.2, -0.15) is 0 Å². The van der Waals surface area contributed by atoms with Gasteiger partial charge in [0.15, 0.2) is 6.10 Å². The summed E-state index contributed by atoms with van der Waals surface area (Å²) in [6.07, 6.45) is 3.84. The molecule has 0 radical (unpaired) electrons. The topological polar surface area (TPSA) is 38.3 Å². The van der Waals surface area contributed by atoms with Gasteiger partial charge in [-0.05, 0) is 68.0 Å². The van der Waals surface area contributed by atoms with Crippen LogP contribution in [-0.4, -0.2) is 12.0 Å². The van der Waals surface area contributed by atoms with E-state index in [0.29, 0.717) is 15.7 Å². The molecule has 2 aromatic carbocycles. The Hall–Kier alpha value is -1.71. The first kappa shape index (κ1) is 17.1. The van der Waals surface area contributed by atoms with E-state index < -0.39 is 6.10 Å². The highest BCUT2D eigenvalue weighted by atomic mass is 35.5. The summed E-state index contributed by atoms with van der Waals surface area (Å²) < 4.78 is 5.93.